The maximum atomic E-state index is 13.7. The van der Waals surface area contributed by atoms with E-state index in [1.165, 1.54) is 18.2 Å². The molecular formula is C26H19F3N2O2. The molecule has 3 aromatic carbocycles. The predicted molar refractivity (Wildman–Crippen MR) is 120 cm³/mol. The van der Waals surface area contributed by atoms with E-state index < -0.39 is 29.2 Å². The van der Waals surface area contributed by atoms with Crippen LogP contribution in [0.4, 0.5) is 24.5 Å². The second-order valence-corrected chi connectivity index (χ2v) is 8.14. The van der Waals surface area contributed by atoms with Crippen LogP contribution in [-0.4, -0.2) is 17.9 Å². The van der Waals surface area contributed by atoms with Crippen molar-refractivity contribution in [3.8, 4) is 0 Å². The minimum absolute atomic E-state index is 0.0448. The Morgan fingerprint density at radius 3 is 2.15 bits per heavy atom. The molecule has 166 valence electrons. The summed E-state index contributed by atoms with van der Waals surface area (Å²) in [6, 6.07) is 19.0. The number of carbonyl (C=O) groups excluding carboxylic acids is 2. The number of hydrogen-bond acceptors (Lipinski definition) is 3. The van der Waals surface area contributed by atoms with Gasteiger partial charge in [0, 0.05) is 29.1 Å². The molecule has 0 aromatic heterocycles. The zero-order valence-electron chi connectivity index (χ0n) is 17.6. The third kappa shape index (κ3) is 3.40. The molecule has 0 saturated heterocycles. The third-order valence-electron chi connectivity index (χ3n) is 6.06. The first-order valence-electron chi connectivity index (χ1n) is 10.5. The van der Waals surface area contributed by atoms with Gasteiger partial charge in [0.1, 0.15) is 0 Å². The summed E-state index contributed by atoms with van der Waals surface area (Å²) in [6.07, 6.45) is -2.29. The molecule has 0 bridgehead atoms. The molecular weight excluding hydrogens is 429 g/mol. The minimum atomic E-state index is -4.72. The second kappa shape index (κ2) is 7.62. The Morgan fingerprint density at radius 1 is 0.818 bits per heavy atom. The highest BCUT2D eigenvalue weighted by atomic mass is 19.4. The maximum absolute atomic E-state index is 13.7. The lowest BCUT2D eigenvalue weighted by molar-refractivity contribution is -0.137. The van der Waals surface area contributed by atoms with Gasteiger partial charge >= 0.3 is 6.18 Å². The van der Waals surface area contributed by atoms with Crippen LogP contribution in [0, 0.1) is 0 Å². The summed E-state index contributed by atoms with van der Waals surface area (Å²) in [7, 11) is 0. The summed E-state index contributed by atoms with van der Waals surface area (Å²) in [5.41, 5.74) is 1.30. The average molecular weight is 448 g/mol. The fourth-order valence-electron chi connectivity index (χ4n) is 4.53. The van der Waals surface area contributed by atoms with Crippen LogP contribution in [0.1, 0.15) is 34.0 Å². The van der Waals surface area contributed by atoms with Crippen molar-refractivity contribution in [3.05, 3.63) is 101 Å². The number of imide groups is 1. The number of amides is 2. The highest BCUT2D eigenvalue weighted by molar-refractivity contribution is 6.41. The van der Waals surface area contributed by atoms with Crippen molar-refractivity contribution >= 4 is 28.8 Å². The van der Waals surface area contributed by atoms with Gasteiger partial charge in [0.15, 0.2) is 0 Å². The molecule has 2 heterocycles. The van der Waals surface area contributed by atoms with E-state index in [-0.39, 0.29) is 17.2 Å². The Labute approximate surface area is 188 Å². The highest BCUT2D eigenvalue weighted by Gasteiger charge is 2.42. The van der Waals surface area contributed by atoms with Gasteiger partial charge in [-0.05, 0) is 43.2 Å². The lowest BCUT2D eigenvalue weighted by Crippen LogP contribution is -2.43. The number of alkyl halides is 3. The molecule has 7 heteroatoms. The molecule has 0 aliphatic carbocycles. The number of rotatable bonds is 2. The smallest absolute Gasteiger partial charge is 0.344 e. The van der Waals surface area contributed by atoms with E-state index in [4.69, 9.17) is 0 Å². The van der Waals surface area contributed by atoms with Crippen molar-refractivity contribution in [1.82, 2.24) is 0 Å². The first kappa shape index (κ1) is 21.0. The molecule has 5 rings (SSSR count). The molecule has 0 saturated carbocycles. The van der Waals surface area contributed by atoms with Crippen molar-refractivity contribution in [3.63, 3.8) is 0 Å². The quantitative estimate of drug-likeness (QED) is 0.374. The summed E-state index contributed by atoms with van der Waals surface area (Å²) in [6.45, 7) is 2.01. The average Bonchev–Trinajstić information content (AvgIpc) is 3.11. The van der Waals surface area contributed by atoms with Crippen molar-refractivity contribution < 1.29 is 22.8 Å². The molecule has 0 spiro atoms. The highest BCUT2D eigenvalue weighted by Crippen LogP contribution is 2.41. The van der Waals surface area contributed by atoms with Gasteiger partial charge in [0.05, 0.1) is 16.8 Å². The molecule has 4 nitrogen and oxygen atoms in total. The number of benzene rings is 3. The summed E-state index contributed by atoms with van der Waals surface area (Å²) < 4.78 is 41.2. The molecule has 33 heavy (non-hydrogen) atoms. The number of nitrogens with zero attached hydrogens (tertiary/aromatic N) is 2. The summed E-state index contributed by atoms with van der Waals surface area (Å²) in [5.74, 6) is -1.56. The van der Waals surface area contributed by atoms with Crippen LogP contribution in [0.5, 0.6) is 0 Å². The van der Waals surface area contributed by atoms with Crippen molar-refractivity contribution in [1.29, 1.82) is 0 Å². The van der Waals surface area contributed by atoms with Gasteiger partial charge in [0.25, 0.3) is 11.8 Å². The number of para-hydroxylation sites is 2. The molecule has 0 N–H and O–H groups in total. The predicted octanol–water partition coefficient (Wildman–Crippen LogP) is 5.68. The Bertz CT molecular complexity index is 1310. The second-order valence-electron chi connectivity index (χ2n) is 8.14. The molecule has 2 aliphatic heterocycles. The van der Waals surface area contributed by atoms with Crippen LogP contribution in [-0.2, 0) is 17.4 Å². The summed E-state index contributed by atoms with van der Waals surface area (Å²) in [4.78, 5) is 29.5. The van der Waals surface area contributed by atoms with Crippen molar-refractivity contribution in [2.45, 2.75) is 25.6 Å². The van der Waals surface area contributed by atoms with Crippen LogP contribution in [0.2, 0.25) is 0 Å². The van der Waals surface area contributed by atoms with Gasteiger partial charge in [0.2, 0.25) is 0 Å². The maximum Gasteiger partial charge on any atom is 0.418 e. The van der Waals surface area contributed by atoms with Gasteiger partial charge in [-0.3, -0.25) is 9.59 Å². The lowest BCUT2D eigenvalue weighted by Gasteiger charge is -2.31. The summed E-state index contributed by atoms with van der Waals surface area (Å²) in [5, 5.41) is 0. The SMILES string of the molecule is C[C@H]1Cc2ccccc2N1/C=C1/C(=O)N(c2ccccc2C(F)(F)F)C(=O)c2ccccc21. The number of anilines is 2. The largest absolute Gasteiger partial charge is 0.418 e. The van der Waals surface area contributed by atoms with E-state index in [1.54, 1.807) is 24.4 Å². The molecule has 0 unspecified atom stereocenters. The molecule has 3 aromatic rings. The van der Waals surface area contributed by atoms with Crippen LogP contribution in [0.25, 0.3) is 5.57 Å². The van der Waals surface area contributed by atoms with Gasteiger partial charge in [-0.1, -0.05) is 48.5 Å². The summed E-state index contributed by atoms with van der Waals surface area (Å²) >= 11 is 0. The van der Waals surface area contributed by atoms with Crippen molar-refractivity contribution in [2.75, 3.05) is 9.80 Å². The molecule has 2 aliphatic rings. The number of fused-ring (bicyclic) bond motifs is 2. The Balaban J connectivity index is 1.70. The van der Waals surface area contributed by atoms with Crippen LogP contribution < -0.4 is 9.80 Å². The number of carbonyl (C=O) groups is 2. The van der Waals surface area contributed by atoms with Crippen LogP contribution in [0.3, 0.4) is 0 Å². The fraction of sp³-hybridized carbons (Fsp3) is 0.154. The first-order chi connectivity index (χ1) is 15.8. The minimum Gasteiger partial charge on any atom is -0.344 e. The third-order valence-corrected chi connectivity index (χ3v) is 6.06. The van der Waals surface area contributed by atoms with Crippen LogP contribution >= 0.6 is 0 Å². The standard InChI is InChI=1S/C26H19F3N2O2/c1-16-14-17-8-2-6-12-22(17)30(16)15-20-18-9-3-4-10-19(18)24(32)31(25(20)33)23-13-7-5-11-21(23)26(27,28)29/h2-13,15-16H,14H2,1H3/b20-15+/t16-/m0/s1. The lowest BCUT2D eigenvalue weighted by atomic mass is 9.93. The Morgan fingerprint density at radius 2 is 1.42 bits per heavy atom. The monoisotopic (exact) mass is 448 g/mol. The van der Waals surface area contributed by atoms with E-state index in [9.17, 15) is 22.8 Å². The van der Waals surface area contributed by atoms with E-state index in [0.29, 0.717) is 10.5 Å². The molecule has 1 atom stereocenters. The molecule has 2 amide bonds. The molecule has 0 fully saturated rings. The number of halogens is 3. The zero-order chi connectivity index (χ0) is 23.3. The fourth-order valence-corrected chi connectivity index (χ4v) is 4.53. The molecule has 0 radical (unpaired) electrons. The van der Waals surface area contributed by atoms with Gasteiger partial charge in [-0.15, -0.1) is 0 Å². The van der Waals surface area contributed by atoms with Gasteiger partial charge in [-0.25, -0.2) is 4.90 Å². The zero-order valence-corrected chi connectivity index (χ0v) is 17.6. The Kier molecular flexibility index (Phi) is 4.85. The van der Waals surface area contributed by atoms with E-state index in [1.807, 2.05) is 36.1 Å². The first-order valence-corrected chi connectivity index (χ1v) is 10.5. The van der Waals surface area contributed by atoms with Gasteiger partial charge < -0.3 is 4.90 Å². The van der Waals surface area contributed by atoms with E-state index >= 15 is 0 Å². The Hall–Kier alpha value is -3.87. The van der Waals surface area contributed by atoms with Crippen LogP contribution in [0.15, 0.2) is 79.0 Å². The van der Waals surface area contributed by atoms with Gasteiger partial charge in [-0.2, -0.15) is 13.2 Å². The van der Waals surface area contributed by atoms with Crippen molar-refractivity contribution in [2.24, 2.45) is 0 Å². The van der Waals surface area contributed by atoms with E-state index in [2.05, 4.69) is 0 Å². The number of hydrogen-bond donors (Lipinski definition) is 0. The normalized spacial score (nSPS) is 19.2. The topological polar surface area (TPSA) is 40.6 Å². The van der Waals surface area contributed by atoms with E-state index in [0.717, 1.165) is 29.8 Å².